The minimum absolute atomic E-state index is 0.164. The molecule has 0 rings (SSSR count). The molecular formula is C19H34N2O4. The Morgan fingerprint density at radius 1 is 0.840 bits per heavy atom. The second kappa shape index (κ2) is 16.3. The van der Waals surface area contributed by atoms with Crippen LogP contribution in [-0.2, 0) is 18.9 Å². The Kier molecular flexibility index (Phi) is 15.5. The topological polar surface area (TPSA) is 84.5 Å². The highest BCUT2D eigenvalue weighted by Crippen LogP contribution is 2.17. The summed E-state index contributed by atoms with van der Waals surface area (Å²) in [7, 11) is 0. The molecule has 0 N–H and O–H groups in total. The molecule has 0 aromatic carbocycles. The molecule has 0 aliphatic heterocycles. The van der Waals surface area contributed by atoms with Crippen LogP contribution < -0.4 is 0 Å². The quantitative estimate of drug-likeness (QED) is 0.371. The van der Waals surface area contributed by atoms with E-state index in [0.717, 1.165) is 25.7 Å². The van der Waals surface area contributed by atoms with Crippen LogP contribution in [0.15, 0.2) is 0 Å². The molecule has 0 fully saturated rings. The molecule has 0 aliphatic carbocycles. The van der Waals surface area contributed by atoms with Gasteiger partial charge in [-0.2, -0.15) is 10.5 Å². The third kappa shape index (κ3) is 17.4. The Bertz CT molecular complexity index is 388. The van der Waals surface area contributed by atoms with Crippen molar-refractivity contribution in [3.63, 3.8) is 0 Å². The smallest absolute Gasteiger partial charge is 0.0645 e. The predicted molar refractivity (Wildman–Crippen MR) is 96.0 cm³/mol. The summed E-state index contributed by atoms with van der Waals surface area (Å²) in [5.74, 6) is 0. The minimum Gasteiger partial charge on any atom is -0.380 e. The lowest BCUT2D eigenvalue weighted by atomic mass is 10.0. The maximum atomic E-state index is 8.41. The molecule has 144 valence electrons. The fourth-order valence-corrected chi connectivity index (χ4v) is 2.14. The molecule has 0 saturated carbocycles. The molecule has 0 aliphatic rings. The molecule has 0 saturated heterocycles. The Hall–Kier alpha value is -1.18. The van der Waals surface area contributed by atoms with Crippen LogP contribution in [0.25, 0.3) is 0 Å². The number of nitriles is 2. The largest absolute Gasteiger partial charge is 0.380 e. The Labute approximate surface area is 153 Å². The zero-order valence-corrected chi connectivity index (χ0v) is 16.1. The van der Waals surface area contributed by atoms with Crippen molar-refractivity contribution in [3.8, 4) is 12.1 Å². The maximum Gasteiger partial charge on any atom is 0.0645 e. The third-order valence-electron chi connectivity index (χ3n) is 3.64. The standard InChI is InChI=1S/C19H34N2O4/c1-18(8-17-23-13-6-11-21)24-15-4-9-19(2,3)25-16-7-14-22-12-5-10-20/h18H,4-9,12-17H2,1-3H3. The van der Waals surface area contributed by atoms with Crippen LogP contribution in [0, 0.1) is 22.7 Å². The fourth-order valence-electron chi connectivity index (χ4n) is 2.14. The van der Waals surface area contributed by atoms with Crippen molar-refractivity contribution in [2.24, 2.45) is 0 Å². The predicted octanol–water partition coefficient (Wildman–Crippen LogP) is 3.61. The molecule has 0 aromatic heterocycles. The van der Waals surface area contributed by atoms with E-state index in [2.05, 4.69) is 26.0 Å². The molecule has 0 heterocycles. The summed E-state index contributed by atoms with van der Waals surface area (Å²) in [5.41, 5.74) is -0.167. The van der Waals surface area contributed by atoms with Crippen LogP contribution in [0.4, 0.5) is 0 Å². The second-order valence-electron chi connectivity index (χ2n) is 6.58. The van der Waals surface area contributed by atoms with Crippen molar-refractivity contribution in [2.75, 3.05) is 39.6 Å². The van der Waals surface area contributed by atoms with Gasteiger partial charge in [-0.05, 0) is 46.5 Å². The van der Waals surface area contributed by atoms with E-state index < -0.39 is 0 Å². The van der Waals surface area contributed by atoms with Crippen LogP contribution in [0.5, 0.6) is 0 Å². The van der Waals surface area contributed by atoms with Gasteiger partial charge in [0.2, 0.25) is 0 Å². The summed E-state index contributed by atoms with van der Waals surface area (Å²) >= 11 is 0. The summed E-state index contributed by atoms with van der Waals surface area (Å²) in [6, 6.07) is 4.11. The Balaban J connectivity index is 3.52. The number of rotatable bonds is 17. The zero-order chi connectivity index (χ0) is 18.8. The van der Waals surface area contributed by atoms with Gasteiger partial charge in [0.05, 0.1) is 49.9 Å². The van der Waals surface area contributed by atoms with Gasteiger partial charge in [-0.1, -0.05) is 0 Å². The van der Waals surface area contributed by atoms with Crippen molar-refractivity contribution in [1.29, 1.82) is 10.5 Å². The van der Waals surface area contributed by atoms with Crippen LogP contribution >= 0.6 is 0 Å². The van der Waals surface area contributed by atoms with E-state index in [1.165, 1.54) is 0 Å². The van der Waals surface area contributed by atoms with Crippen LogP contribution in [-0.4, -0.2) is 51.3 Å². The maximum absolute atomic E-state index is 8.41. The van der Waals surface area contributed by atoms with Gasteiger partial charge in [-0.3, -0.25) is 0 Å². The Morgan fingerprint density at radius 2 is 1.48 bits per heavy atom. The average molecular weight is 354 g/mol. The van der Waals surface area contributed by atoms with Gasteiger partial charge >= 0.3 is 0 Å². The molecule has 1 atom stereocenters. The molecule has 6 heteroatoms. The molecule has 0 spiro atoms. The highest BCUT2D eigenvalue weighted by Gasteiger charge is 2.17. The number of hydrogen-bond donors (Lipinski definition) is 0. The molecule has 0 aromatic rings. The first-order valence-corrected chi connectivity index (χ1v) is 9.17. The second-order valence-corrected chi connectivity index (χ2v) is 6.58. The molecule has 0 amide bonds. The first-order valence-electron chi connectivity index (χ1n) is 9.17. The van der Waals surface area contributed by atoms with Crippen LogP contribution in [0.3, 0.4) is 0 Å². The third-order valence-corrected chi connectivity index (χ3v) is 3.64. The van der Waals surface area contributed by atoms with E-state index in [0.29, 0.717) is 52.5 Å². The molecule has 6 nitrogen and oxygen atoms in total. The van der Waals surface area contributed by atoms with Gasteiger partial charge in [0.25, 0.3) is 0 Å². The zero-order valence-electron chi connectivity index (χ0n) is 16.1. The van der Waals surface area contributed by atoms with Crippen LogP contribution in [0.1, 0.15) is 59.3 Å². The lowest BCUT2D eigenvalue weighted by Crippen LogP contribution is -2.26. The van der Waals surface area contributed by atoms with Gasteiger partial charge in [0.1, 0.15) is 0 Å². The molecular weight excluding hydrogens is 320 g/mol. The molecule has 0 bridgehead atoms. The van der Waals surface area contributed by atoms with Crippen LogP contribution in [0.2, 0.25) is 0 Å². The normalized spacial score (nSPS) is 12.5. The number of nitrogens with zero attached hydrogens (tertiary/aromatic N) is 2. The average Bonchev–Trinajstić information content (AvgIpc) is 2.58. The summed E-state index contributed by atoms with van der Waals surface area (Å²) in [4.78, 5) is 0. The van der Waals surface area contributed by atoms with Crippen molar-refractivity contribution in [3.05, 3.63) is 0 Å². The summed E-state index contributed by atoms with van der Waals surface area (Å²) in [6.07, 6.45) is 4.62. The summed E-state index contributed by atoms with van der Waals surface area (Å²) in [5, 5.41) is 16.8. The summed E-state index contributed by atoms with van der Waals surface area (Å²) < 4.78 is 22.3. The molecule has 1 unspecified atom stereocenters. The van der Waals surface area contributed by atoms with Gasteiger partial charge in [-0.25, -0.2) is 0 Å². The Morgan fingerprint density at radius 3 is 2.12 bits per heavy atom. The van der Waals surface area contributed by atoms with Crippen molar-refractivity contribution in [1.82, 2.24) is 0 Å². The van der Waals surface area contributed by atoms with E-state index in [-0.39, 0.29) is 11.7 Å². The number of hydrogen-bond acceptors (Lipinski definition) is 6. The van der Waals surface area contributed by atoms with Gasteiger partial charge < -0.3 is 18.9 Å². The van der Waals surface area contributed by atoms with E-state index in [9.17, 15) is 0 Å². The SMILES string of the molecule is CC(CCOCCC#N)OCCCC(C)(C)OCCCOCCC#N. The molecule has 0 radical (unpaired) electrons. The summed E-state index contributed by atoms with van der Waals surface area (Å²) in [6.45, 7) is 9.87. The van der Waals surface area contributed by atoms with Crippen molar-refractivity contribution >= 4 is 0 Å². The van der Waals surface area contributed by atoms with Crippen molar-refractivity contribution in [2.45, 2.75) is 71.0 Å². The van der Waals surface area contributed by atoms with Gasteiger partial charge in [0.15, 0.2) is 0 Å². The highest BCUT2D eigenvalue weighted by molar-refractivity contribution is 4.69. The van der Waals surface area contributed by atoms with E-state index in [4.69, 9.17) is 29.5 Å². The van der Waals surface area contributed by atoms with E-state index >= 15 is 0 Å². The lowest BCUT2D eigenvalue weighted by Gasteiger charge is -2.25. The highest BCUT2D eigenvalue weighted by atomic mass is 16.5. The van der Waals surface area contributed by atoms with E-state index in [1.54, 1.807) is 0 Å². The molecule has 25 heavy (non-hydrogen) atoms. The van der Waals surface area contributed by atoms with Gasteiger partial charge in [-0.15, -0.1) is 0 Å². The lowest BCUT2D eigenvalue weighted by molar-refractivity contribution is -0.0409. The first-order chi connectivity index (χ1) is 12.0. The van der Waals surface area contributed by atoms with Crippen molar-refractivity contribution < 1.29 is 18.9 Å². The fraction of sp³-hybridized carbons (Fsp3) is 0.895. The van der Waals surface area contributed by atoms with E-state index in [1.807, 2.05) is 6.92 Å². The minimum atomic E-state index is -0.167. The monoisotopic (exact) mass is 354 g/mol. The number of ether oxygens (including phenoxy) is 4. The van der Waals surface area contributed by atoms with Gasteiger partial charge in [0, 0.05) is 26.4 Å². The first kappa shape index (κ1) is 23.8.